The van der Waals surface area contributed by atoms with Crippen molar-refractivity contribution in [3.63, 3.8) is 0 Å². The van der Waals surface area contributed by atoms with Gasteiger partial charge < -0.3 is 4.90 Å². The molecule has 0 fully saturated rings. The number of halogens is 1. The minimum atomic E-state index is -0.322. The number of amides is 1. The molecule has 1 unspecified atom stereocenters. The first-order valence-electron chi connectivity index (χ1n) is 9.09. The first-order chi connectivity index (χ1) is 13.6. The molecule has 0 bridgehead atoms. The van der Waals surface area contributed by atoms with Crippen molar-refractivity contribution in [2.45, 2.75) is 19.4 Å². The highest BCUT2D eigenvalue weighted by Crippen LogP contribution is 2.40. The zero-order valence-electron chi connectivity index (χ0n) is 15.2. The fourth-order valence-electron chi connectivity index (χ4n) is 3.90. The summed E-state index contributed by atoms with van der Waals surface area (Å²) in [6.07, 6.45) is 0.867. The molecule has 1 atom stereocenters. The van der Waals surface area contributed by atoms with E-state index in [0.717, 1.165) is 11.8 Å². The SMILES string of the molecule is Cc1nc2cc(F)ccc2cc1C(=O)N1CCc2sccc2C1c1cccs1. The van der Waals surface area contributed by atoms with Crippen LogP contribution in [0.2, 0.25) is 0 Å². The third-order valence-corrected chi connectivity index (χ3v) is 7.16. The molecule has 5 rings (SSSR count). The van der Waals surface area contributed by atoms with Gasteiger partial charge in [-0.1, -0.05) is 6.07 Å². The van der Waals surface area contributed by atoms with Crippen LogP contribution in [0, 0.1) is 12.7 Å². The molecule has 6 heteroatoms. The van der Waals surface area contributed by atoms with E-state index in [9.17, 15) is 9.18 Å². The zero-order chi connectivity index (χ0) is 19.3. The molecule has 0 saturated heterocycles. The molecule has 0 radical (unpaired) electrons. The summed E-state index contributed by atoms with van der Waals surface area (Å²) >= 11 is 3.44. The maximum absolute atomic E-state index is 13.6. The first kappa shape index (κ1) is 17.5. The highest BCUT2D eigenvalue weighted by Gasteiger charge is 2.34. The number of nitrogens with zero attached hydrogens (tertiary/aromatic N) is 2. The molecule has 4 heterocycles. The van der Waals surface area contributed by atoms with Crippen molar-refractivity contribution < 1.29 is 9.18 Å². The Hall–Kier alpha value is -2.57. The summed E-state index contributed by atoms with van der Waals surface area (Å²) < 4.78 is 13.5. The van der Waals surface area contributed by atoms with Crippen LogP contribution < -0.4 is 0 Å². The molecule has 1 amide bonds. The second-order valence-electron chi connectivity index (χ2n) is 6.92. The smallest absolute Gasteiger partial charge is 0.256 e. The number of aryl methyl sites for hydroxylation is 1. The number of benzene rings is 1. The van der Waals surface area contributed by atoms with E-state index >= 15 is 0 Å². The van der Waals surface area contributed by atoms with E-state index in [1.165, 1.54) is 27.5 Å². The Labute approximate surface area is 170 Å². The zero-order valence-corrected chi connectivity index (χ0v) is 16.8. The van der Waals surface area contributed by atoms with Gasteiger partial charge in [0.2, 0.25) is 0 Å². The lowest BCUT2D eigenvalue weighted by atomic mass is 9.97. The largest absolute Gasteiger partial charge is 0.326 e. The van der Waals surface area contributed by atoms with E-state index in [-0.39, 0.29) is 17.8 Å². The van der Waals surface area contributed by atoms with E-state index < -0.39 is 0 Å². The molecule has 1 aromatic carbocycles. The number of thiophene rings is 2. The van der Waals surface area contributed by atoms with Crippen LogP contribution in [0.4, 0.5) is 4.39 Å². The number of aromatic nitrogens is 1. The van der Waals surface area contributed by atoms with E-state index in [2.05, 4.69) is 27.9 Å². The van der Waals surface area contributed by atoms with Gasteiger partial charge in [-0.05, 0) is 60.0 Å². The van der Waals surface area contributed by atoms with Crippen LogP contribution in [0.15, 0.2) is 53.2 Å². The second kappa shape index (κ2) is 6.79. The summed E-state index contributed by atoms with van der Waals surface area (Å²) in [5.74, 6) is -0.344. The summed E-state index contributed by atoms with van der Waals surface area (Å²) in [5.41, 5.74) is 3.01. The van der Waals surface area contributed by atoms with Crippen molar-refractivity contribution >= 4 is 39.5 Å². The average Bonchev–Trinajstić information content (AvgIpc) is 3.37. The van der Waals surface area contributed by atoms with E-state index in [4.69, 9.17) is 0 Å². The number of fused-ring (bicyclic) bond motifs is 2. The highest BCUT2D eigenvalue weighted by atomic mass is 32.1. The normalized spacial score (nSPS) is 16.4. The topological polar surface area (TPSA) is 33.2 Å². The number of rotatable bonds is 2. The Morgan fingerprint density at radius 1 is 1.18 bits per heavy atom. The molecule has 0 saturated carbocycles. The number of pyridine rings is 1. The number of hydrogen-bond donors (Lipinski definition) is 0. The maximum Gasteiger partial charge on any atom is 0.256 e. The predicted molar refractivity (Wildman–Crippen MR) is 112 cm³/mol. The minimum Gasteiger partial charge on any atom is -0.326 e. The van der Waals surface area contributed by atoms with Crippen LogP contribution in [0.25, 0.3) is 10.9 Å². The molecule has 3 nitrogen and oxygen atoms in total. The Bertz CT molecular complexity index is 1180. The maximum atomic E-state index is 13.6. The van der Waals surface area contributed by atoms with Gasteiger partial charge in [-0.15, -0.1) is 22.7 Å². The second-order valence-corrected chi connectivity index (χ2v) is 8.90. The monoisotopic (exact) mass is 408 g/mol. The third kappa shape index (κ3) is 2.84. The predicted octanol–water partition coefficient (Wildman–Crippen LogP) is 5.59. The fourth-order valence-corrected chi connectivity index (χ4v) is 5.65. The van der Waals surface area contributed by atoms with Gasteiger partial charge in [-0.2, -0.15) is 0 Å². The lowest BCUT2D eigenvalue weighted by molar-refractivity contribution is 0.0697. The molecule has 4 aromatic rings. The van der Waals surface area contributed by atoms with E-state index in [0.29, 0.717) is 23.3 Å². The molecule has 1 aliphatic rings. The van der Waals surface area contributed by atoms with E-state index in [1.54, 1.807) is 28.7 Å². The molecule has 0 aliphatic carbocycles. The molecular weight excluding hydrogens is 391 g/mol. The summed E-state index contributed by atoms with van der Waals surface area (Å²) in [6, 6.07) is 12.5. The van der Waals surface area contributed by atoms with Gasteiger partial charge >= 0.3 is 0 Å². The molecule has 0 N–H and O–H groups in total. The number of carbonyl (C=O) groups is 1. The van der Waals surface area contributed by atoms with Crippen molar-refractivity contribution in [2.24, 2.45) is 0 Å². The Morgan fingerprint density at radius 3 is 2.89 bits per heavy atom. The lowest BCUT2D eigenvalue weighted by Crippen LogP contribution is -2.40. The van der Waals surface area contributed by atoms with Crippen LogP contribution in [0.5, 0.6) is 0 Å². The summed E-state index contributed by atoms with van der Waals surface area (Å²) in [4.78, 5) is 22.6. The minimum absolute atomic E-state index is 0.0218. The summed E-state index contributed by atoms with van der Waals surface area (Å²) in [7, 11) is 0. The molecule has 0 spiro atoms. The van der Waals surface area contributed by atoms with Crippen LogP contribution in [-0.2, 0) is 6.42 Å². The van der Waals surface area contributed by atoms with Gasteiger partial charge in [0.1, 0.15) is 5.82 Å². The van der Waals surface area contributed by atoms with Crippen LogP contribution in [0.3, 0.4) is 0 Å². The lowest BCUT2D eigenvalue weighted by Gasteiger charge is -2.35. The molecular formula is C22H17FN2OS2. The van der Waals surface area contributed by atoms with Crippen molar-refractivity contribution in [3.05, 3.63) is 85.6 Å². The van der Waals surface area contributed by atoms with Crippen LogP contribution >= 0.6 is 22.7 Å². The van der Waals surface area contributed by atoms with Gasteiger partial charge in [-0.25, -0.2) is 4.39 Å². The molecule has 28 heavy (non-hydrogen) atoms. The van der Waals surface area contributed by atoms with Gasteiger partial charge in [-0.3, -0.25) is 9.78 Å². The van der Waals surface area contributed by atoms with Crippen molar-refractivity contribution in [1.29, 1.82) is 0 Å². The Kier molecular flexibility index (Phi) is 4.25. The average molecular weight is 409 g/mol. The quantitative estimate of drug-likeness (QED) is 0.433. The van der Waals surface area contributed by atoms with Crippen molar-refractivity contribution in [2.75, 3.05) is 6.54 Å². The summed E-state index contributed by atoms with van der Waals surface area (Å²) in [5, 5.41) is 4.93. The van der Waals surface area contributed by atoms with Gasteiger partial charge in [0.15, 0.2) is 0 Å². The fraction of sp³-hybridized carbons (Fsp3) is 0.182. The highest BCUT2D eigenvalue weighted by molar-refractivity contribution is 7.10. The number of carbonyl (C=O) groups excluding carboxylic acids is 1. The standard InChI is InChI=1S/C22H17FN2OS2/c1-13-17(11-14-4-5-15(23)12-18(14)24-13)22(26)25-8-6-19-16(7-10-28-19)21(25)20-3-2-9-27-20/h2-5,7,9-12,21H,6,8H2,1H3. The van der Waals surface area contributed by atoms with Gasteiger partial charge in [0.05, 0.1) is 22.8 Å². The Morgan fingerprint density at radius 2 is 2.07 bits per heavy atom. The van der Waals surface area contributed by atoms with Gasteiger partial charge in [0, 0.05) is 27.8 Å². The van der Waals surface area contributed by atoms with Crippen molar-refractivity contribution in [3.8, 4) is 0 Å². The third-order valence-electron chi connectivity index (χ3n) is 5.24. The van der Waals surface area contributed by atoms with Gasteiger partial charge in [0.25, 0.3) is 5.91 Å². The van der Waals surface area contributed by atoms with Crippen molar-refractivity contribution in [1.82, 2.24) is 9.88 Å². The van der Waals surface area contributed by atoms with Crippen LogP contribution in [0.1, 0.15) is 37.4 Å². The molecule has 1 aliphatic heterocycles. The first-order valence-corrected chi connectivity index (χ1v) is 10.9. The molecule has 3 aromatic heterocycles. The van der Waals surface area contributed by atoms with Crippen LogP contribution in [-0.4, -0.2) is 22.3 Å². The Balaban J connectivity index is 1.60. The summed E-state index contributed by atoms with van der Waals surface area (Å²) in [6.45, 7) is 2.49. The molecule has 140 valence electrons. The van der Waals surface area contributed by atoms with E-state index in [1.807, 2.05) is 24.0 Å². The number of hydrogen-bond acceptors (Lipinski definition) is 4.